The number of rotatable bonds is 7. The van der Waals surface area contributed by atoms with Crippen molar-refractivity contribution in [3.8, 4) is 11.1 Å². The van der Waals surface area contributed by atoms with Crippen LogP contribution in [0.5, 0.6) is 0 Å². The average molecular weight is 587 g/mol. The second kappa shape index (κ2) is 11.9. The van der Waals surface area contributed by atoms with E-state index in [2.05, 4.69) is 12.2 Å². The molecule has 2 aromatic carbocycles. The minimum Gasteiger partial charge on any atom is -0.465 e. The van der Waals surface area contributed by atoms with Crippen LogP contribution in [0.1, 0.15) is 63.5 Å². The molecule has 2 atom stereocenters. The molecule has 1 aliphatic rings. The van der Waals surface area contributed by atoms with Gasteiger partial charge < -0.3 is 19.4 Å². The van der Waals surface area contributed by atoms with Crippen molar-refractivity contribution < 1.29 is 23.9 Å². The third kappa shape index (κ3) is 5.36. The van der Waals surface area contributed by atoms with Crippen molar-refractivity contribution in [3.05, 3.63) is 86.1 Å². The molecule has 0 saturated heterocycles. The van der Waals surface area contributed by atoms with E-state index >= 15 is 0 Å². The van der Waals surface area contributed by atoms with Crippen molar-refractivity contribution in [2.75, 3.05) is 12.4 Å². The van der Waals surface area contributed by atoms with Crippen molar-refractivity contribution in [2.45, 2.75) is 52.6 Å². The van der Waals surface area contributed by atoms with Crippen LogP contribution in [-0.2, 0) is 34.2 Å². The predicted molar refractivity (Wildman–Crippen MR) is 164 cm³/mol. The number of carbonyl (C=O) groups excluding carboxylic acids is 3. The first-order valence-electron chi connectivity index (χ1n) is 14.1. The molecule has 8 nitrogen and oxygen atoms in total. The van der Waals surface area contributed by atoms with Crippen LogP contribution in [-0.4, -0.2) is 35.6 Å². The van der Waals surface area contributed by atoms with Crippen LogP contribution in [0.25, 0.3) is 21.9 Å². The summed E-state index contributed by atoms with van der Waals surface area (Å²) in [5.41, 5.74) is 3.36. The van der Waals surface area contributed by atoms with Gasteiger partial charge in [0.05, 0.1) is 12.7 Å². The van der Waals surface area contributed by atoms with E-state index in [1.165, 1.54) is 30.1 Å². The molecule has 1 amide bonds. The second-order valence-corrected chi connectivity index (χ2v) is 11.9. The van der Waals surface area contributed by atoms with Gasteiger partial charge in [-0.15, -0.1) is 11.3 Å². The van der Waals surface area contributed by atoms with E-state index in [1.807, 2.05) is 37.3 Å². The van der Waals surface area contributed by atoms with Crippen LogP contribution < -0.4 is 10.9 Å². The number of carbonyl (C=O) groups is 3. The Morgan fingerprint density at radius 2 is 1.76 bits per heavy atom. The van der Waals surface area contributed by atoms with Gasteiger partial charge in [-0.05, 0) is 61.1 Å². The summed E-state index contributed by atoms with van der Waals surface area (Å²) < 4.78 is 12.1. The summed E-state index contributed by atoms with van der Waals surface area (Å²) in [6.45, 7) is 5.87. The van der Waals surface area contributed by atoms with Gasteiger partial charge in [0.25, 0.3) is 11.5 Å². The monoisotopic (exact) mass is 586 g/mol. The number of esters is 2. The van der Waals surface area contributed by atoms with E-state index in [-0.39, 0.29) is 17.7 Å². The van der Waals surface area contributed by atoms with Crippen molar-refractivity contribution >= 4 is 45.0 Å². The first kappa shape index (κ1) is 29.3. The molecule has 42 heavy (non-hydrogen) atoms. The Hall–Kier alpha value is -4.24. The van der Waals surface area contributed by atoms with Crippen molar-refractivity contribution in [3.63, 3.8) is 0 Å². The minimum atomic E-state index is -1.16. The van der Waals surface area contributed by atoms with Crippen LogP contribution in [0.3, 0.4) is 0 Å². The molecular formula is C33H34N2O6S. The number of pyridine rings is 1. The largest absolute Gasteiger partial charge is 0.465 e. The highest BCUT2D eigenvalue weighted by Gasteiger charge is 2.32. The fourth-order valence-electron chi connectivity index (χ4n) is 5.57. The zero-order valence-corrected chi connectivity index (χ0v) is 25.2. The van der Waals surface area contributed by atoms with Crippen LogP contribution >= 0.6 is 11.3 Å². The van der Waals surface area contributed by atoms with E-state index in [0.717, 1.165) is 40.8 Å². The third-order valence-corrected chi connectivity index (χ3v) is 9.06. The second-order valence-electron chi connectivity index (χ2n) is 10.8. The number of fused-ring (bicyclic) bond motifs is 2. The molecule has 2 aromatic heterocycles. The number of nitrogens with one attached hydrogen (secondary N) is 1. The molecule has 0 spiro atoms. The van der Waals surface area contributed by atoms with E-state index in [9.17, 15) is 19.2 Å². The molecule has 1 aliphatic carbocycles. The number of nitrogens with zero attached hydrogens (tertiary/aromatic N) is 1. The number of hydrogen-bond acceptors (Lipinski definition) is 7. The fourth-order valence-corrected chi connectivity index (χ4v) is 6.97. The zero-order valence-electron chi connectivity index (χ0n) is 24.4. The molecule has 2 unspecified atom stereocenters. The number of methoxy groups -OCH3 is 1. The molecule has 0 radical (unpaired) electrons. The molecule has 218 valence electrons. The molecule has 0 saturated carbocycles. The zero-order chi connectivity index (χ0) is 30.1. The summed E-state index contributed by atoms with van der Waals surface area (Å²) in [4.78, 5) is 54.4. The van der Waals surface area contributed by atoms with E-state index in [4.69, 9.17) is 9.47 Å². The number of thiophene rings is 1. The van der Waals surface area contributed by atoms with Gasteiger partial charge in [-0.3, -0.25) is 9.59 Å². The SMILES string of the molecule is CCC(OC(=O)c1c(-c2ccc(C)cc2)c2ccccc2c(=O)n1C)C(=O)Nc1sc2c(c1C(=O)OC)CCC(C)C2. The Bertz CT molecular complexity index is 1750. The number of aryl methyl sites for hydroxylation is 1. The Morgan fingerprint density at radius 3 is 2.43 bits per heavy atom. The van der Waals surface area contributed by atoms with E-state index in [0.29, 0.717) is 32.8 Å². The summed E-state index contributed by atoms with van der Waals surface area (Å²) in [7, 11) is 2.85. The molecule has 2 heterocycles. The van der Waals surface area contributed by atoms with Gasteiger partial charge in [-0.2, -0.15) is 0 Å². The maximum Gasteiger partial charge on any atom is 0.356 e. The number of benzene rings is 2. The molecule has 0 aliphatic heterocycles. The van der Waals surface area contributed by atoms with Crippen LogP contribution in [0.2, 0.25) is 0 Å². The summed E-state index contributed by atoms with van der Waals surface area (Å²) in [5, 5.41) is 4.34. The van der Waals surface area contributed by atoms with Crippen LogP contribution in [0, 0.1) is 12.8 Å². The molecule has 4 aromatic rings. The Kier molecular flexibility index (Phi) is 8.31. The standard InChI is InChI=1S/C33H34N2O6S/c1-6-24(29(36)34-30-27(32(38)40-5)23-16-13-19(3)17-25(23)42-30)41-33(39)28-26(20-14-11-18(2)12-15-20)21-9-7-8-10-22(21)31(37)35(28)4/h7-12,14-15,19,24H,6,13,16-17H2,1-5H3,(H,34,36). The summed E-state index contributed by atoms with van der Waals surface area (Å²) in [5.74, 6) is -1.36. The van der Waals surface area contributed by atoms with Gasteiger partial charge in [-0.1, -0.05) is 61.9 Å². The smallest absolute Gasteiger partial charge is 0.356 e. The van der Waals surface area contributed by atoms with Crippen molar-refractivity contribution in [1.29, 1.82) is 0 Å². The number of anilines is 1. The van der Waals surface area contributed by atoms with Gasteiger partial charge in [0.1, 0.15) is 10.7 Å². The highest BCUT2D eigenvalue weighted by atomic mass is 32.1. The quantitative estimate of drug-likeness (QED) is 0.264. The average Bonchev–Trinajstić information content (AvgIpc) is 3.34. The normalized spacial score (nSPS) is 15.1. The van der Waals surface area contributed by atoms with Gasteiger partial charge in [-0.25, -0.2) is 9.59 Å². The van der Waals surface area contributed by atoms with Crippen molar-refractivity contribution in [1.82, 2.24) is 4.57 Å². The molecule has 0 bridgehead atoms. The molecule has 5 rings (SSSR count). The lowest BCUT2D eigenvalue weighted by Gasteiger charge is -2.20. The predicted octanol–water partition coefficient (Wildman–Crippen LogP) is 6.06. The van der Waals surface area contributed by atoms with Gasteiger partial charge in [0.2, 0.25) is 0 Å². The van der Waals surface area contributed by atoms with Crippen LogP contribution in [0.4, 0.5) is 5.00 Å². The Morgan fingerprint density at radius 1 is 1.07 bits per heavy atom. The maximum atomic E-state index is 13.8. The molecule has 0 fully saturated rings. The van der Waals surface area contributed by atoms with Crippen LogP contribution in [0.15, 0.2) is 53.3 Å². The number of amides is 1. The molecule has 1 N–H and O–H groups in total. The maximum absolute atomic E-state index is 13.8. The summed E-state index contributed by atoms with van der Waals surface area (Å²) >= 11 is 1.37. The third-order valence-electron chi connectivity index (χ3n) is 7.89. The molecular weight excluding hydrogens is 552 g/mol. The summed E-state index contributed by atoms with van der Waals surface area (Å²) in [6, 6.07) is 14.8. The first-order valence-corrected chi connectivity index (χ1v) is 14.9. The Labute approximate surface area is 248 Å². The van der Waals surface area contributed by atoms with E-state index in [1.54, 1.807) is 25.1 Å². The topological polar surface area (TPSA) is 104 Å². The molecule has 9 heteroatoms. The van der Waals surface area contributed by atoms with Crippen molar-refractivity contribution in [2.24, 2.45) is 13.0 Å². The lowest BCUT2D eigenvalue weighted by Crippen LogP contribution is -2.34. The van der Waals surface area contributed by atoms with E-state index < -0.39 is 23.9 Å². The lowest BCUT2D eigenvalue weighted by atomic mass is 9.88. The number of hydrogen-bond donors (Lipinski definition) is 1. The van der Waals surface area contributed by atoms with Gasteiger partial charge >= 0.3 is 11.9 Å². The highest BCUT2D eigenvalue weighted by Crippen LogP contribution is 2.40. The highest BCUT2D eigenvalue weighted by molar-refractivity contribution is 7.17. The van der Waals surface area contributed by atoms with Gasteiger partial charge in [0, 0.05) is 22.9 Å². The Balaban J connectivity index is 1.51. The summed E-state index contributed by atoms with van der Waals surface area (Å²) in [6.07, 6.45) is 1.54. The van der Waals surface area contributed by atoms with Gasteiger partial charge in [0.15, 0.2) is 6.10 Å². The lowest BCUT2D eigenvalue weighted by molar-refractivity contribution is -0.124. The number of aromatic nitrogens is 1. The number of ether oxygens (including phenoxy) is 2. The minimum absolute atomic E-state index is 0.0598. The first-order chi connectivity index (χ1) is 20.1. The fraction of sp³-hybridized carbons (Fsp3) is 0.333.